The van der Waals surface area contributed by atoms with Gasteiger partial charge in [0.2, 0.25) is 5.91 Å². The van der Waals surface area contributed by atoms with Crippen LogP contribution in [0.2, 0.25) is 0 Å². The lowest BCUT2D eigenvalue weighted by molar-refractivity contribution is -0.137. The van der Waals surface area contributed by atoms with Gasteiger partial charge in [0.05, 0.1) is 5.60 Å². The Kier molecular flexibility index (Phi) is 3.96. The van der Waals surface area contributed by atoms with Crippen molar-refractivity contribution in [3.63, 3.8) is 0 Å². The third-order valence-electron chi connectivity index (χ3n) is 5.37. The van der Waals surface area contributed by atoms with Crippen molar-refractivity contribution in [3.05, 3.63) is 22.4 Å². The van der Waals surface area contributed by atoms with Gasteiger partial charge in [-0.05, 0) is 37.1 Å². The molecular formula is C17H24N2O2S. The summed E-state index contributed by atoms with van der Waals surface area (Å²) in [5, 5.41) is 2.15. The van der Waals surface area contributed by atoms with Gasteiger partial charge >= 0.3 is 0 Å². The lowest BCUT2D eigenvalue weighted by Gasteiger charge is -2.41. The fraction of sp³-hybridized carbons (Fsp3) is 0.706. The van der Waals surface area contributed by atoms with Crippen LogP contribution in [0.25, 0.3) is 0 Å². The van der Waals surface area contributed by atoms with E-state index >= 15 is 0 Å². The van der Waals surface area contributed by atoms with Crippen LogP contribution in [0.3, 0.4) is 0 Å². The minimum atomic E-state index is -0.0109. The Balaban J connectivity index is 1.40. The molecular weight excluding hydrogens is 296 g/mol. The van der Waals surface area contributed by atoms with Crippen molar-refractivity contribution in [2.24, 2.45) is 0 Å². The molecule has 4 nitrogen and oxygen atoms in total. The summed E-state index contributed by atoms with van der Waals surface area (Å²) in [5.41, 5.74) is -0.0109. The minimum Gasteiger partial charge on any atom is -0.373 e. The van der Waals surface area contributed by atoms with Crippen LogP contribution in [0.5, 0.6) is 0 Å². The Bertz CT molecular complexity index is 533. The summed E-state index contributed by atoms with van der Waals surface area (Å²) in [5.74, 6) is 0.357. The Morgan fingerprint density at radius 1 is 1.41 bits per heavy atom. The Morgan fingerprint density at radius 3 is 3.14 bits per heavy atom. The van der Waals surface area contributed by atoms with E-state index in [0.29, 0.717) is 11.9 Å². The smallest absolute Gasteiger partial charge is 0.222 e. The lowest BCUT2D eigenvalue weighted by atomic mass is 9.89. The van der Waals surface area contributed by atoms with Crippen molar-refractivity contribution in [3.8, 4) is 0 Å². The monoisotopic (exact) mass is 320 g/mol. The maximum Gasteiger partial charge on any atom is 0.222 e. The highest BCUT2D eigenvalue weighted by molar-refractivity contribution is 7.09. The van der Waals surface area contributed by atoms with E-state index in [2.05, 4.69) is 27.3 Å². The van der Waals surface area contributed by atoms with Gasteiger partial charge in [0, 0.05) is 50.1 Å². The SMILES string of the molecule is O=C1CCCN1[C@@H]1CCO[C@]2(CCN(Cc3cccs3)C2)C1. The molecule has 0 aliphatic carbocycles. The van der Waals surface area contributed by atoms with Gasteiger partial charge in [-0.25, -0.2) is 0 Å². The van der Waals surface area contributed by atoms with E-state index in [0.717, 1.165) is 64.9 Å². The second kappa shape index (κ2) is 5.95. The summed E-state index contributed by atoms with van der Waals surface area (Å²) >= 11 is 1.83. The van der Waals surface area contributed by atoms with E-state index in [1.54, 1.807) is 0 Å². The molecule has 5 heteroatoms. The highest BCUT2D eigenvalue weighted by Crippen LogP contribution is 2.37. The molecule has 3 fully saturated rings. The van der Waals surface area contributed by atoms with Crippen LogP contribution >= 0.6 is 11.3 Å². The summed E-state index contributed by atoms with van der Waals surface area (Å²) in [4.78, 5) is 18.1. The van der Waals surface area contributed by atoms with E-state index < -0.39 is 0 Å². The number of likely N-dealkylation sites (tertiary alicyclic amines) is 2. The average Bonchev–Trinajstić information content (AvgIpc) is 3.23. The van der Waals surface area contributed by atoms with E-state index in [-0.39, 0.29) is 5.60 Å². The van der Waals surface area contributed by atoms with Gasteiger partial charge in [-0.1, -0.05) is 6.07 Å². The number of carbonyl (C=O) groups is 1. The highest BCUT2D eigenvalue weighted by Gasteiger charge is 2.45. The van der Waals surface area contributed by atoms with Crippen LogP contribution in [-0.2, 0) is 16.1 Å². The molecule has 22 heavy (non-hydrogen) atoms. The standard InChI is InChI=1S/C17H24N2O2S/c20-16-4-1-7-19(16)14-5-9-21-17(11-14)6-8-18(13-17)12-15-3-2-10-22-15/h2-3,10,14H,1,4-9,11-13H2/t14-,17-/m1/s1. The Morgan fingerprint density at radius 2 is 2.36 bits per heavy atom. The van der Waals surface area contributed by atoms with Crippen molar-refractivity contribution in [2.75, 3.05) is 26.2 Å². The molecule has 0 saturated carbocycles. The van der Waals surface area contributed by atoms with Gasteiger partial charge in [0.1, 0.15) is 0 Å². The first-order valence-corrected chi connectivity index (χ1v) is 9.30. The Labute approximate surface area is 136 Å². The summed E-state index contributed by atoms with van der Waals surface area (Å²) in [6.07, 6.45) is 4.93. The summed E-state index contributed by atoms with van der Waals surface area (Å²) in [6, 6.07) is 4.74. The molecule has 0 bridgehead atoms. The van der Waals surface area contributed by atoms with Gasteiger partial charge in [-0.3, -0.25) is 9.69 Å². The molecule has 4 heterocycles. The average molecular weight is 320 g/mol. The maximum absolute atomic E-state index is 12.0. The molecule has 0 N–H and O–H groups in total. The zero-order chi connectivity index (χ0) is 15.0. The number of thiophene rings is 1. The van der Waals surface area contributed by atoms with Gasteiger partial charge in [-0.15, -0.1) is 11.3 Å². The van der Waals surface area contributed by atoms with Gasteiger partial charge in [-0.2, -0.15) is 0 Å². The van der Waals surface area contributed by atoms with E-state index in [9.17, 15) is 4.79 Å². The molecule has 120 valence electrons. The summed E-state index contributed by atoms with van der Waals surface area (Å²) in [6.45, 7) is 4.93. The lowest BCUT2D eigenvalue weighted by Crippen LogP contribution is -2.50. The number of hydrogen-bond acceptors (Lipinski definition) is 4. The molecule has 1 amide bonds. The minimum absolute atomic E-state index is 0.0109. The zero-order valence-corrected chi connectivity index (χ0v) is 13.8. The van der Waals surface area contributed by atoms with Crippen molar-refractivity contribution < 1.29 is 9.53 Å². The highest BCUT2D eigenvalue weighted by atomic mass is 32.1. The number of hydrogen-bond donors (Lipinski definition) is 0. The van der Waals surface area contributed by atoms with Gasteiger partial charge in [0.15, 0.2) is 0 Å². The molecule has 1 aromatic heterocycles. The van der Waals surface area contributed by atoms with E-state index in [1.807, 2.05) is 11.3 Å². The molecule has 0 aromatic carbocycles. The first kappa shape index (κ1) is 14.7. The van der Waals surface area contributed by atoms with Crippen LogP contribution in [0.4, 0.5) is 0 Å². The largest absolute Gasteiger partial charge is 0.373 e. The fourth-order valence-electron chi connectivity index (χ4n) is 4.29. The normalized spacial score (nSPS) is 33.2. The maximum atomic E-state index is 12.0. The van der Waals surface area contributed by atoms with Crippen LogP contribution in [-0.4, -0.2) is 53.6 Å². The number of ether oxygens (including phenoxy) is 1. The van der Waals surface area contributed by atoms with Crippen LogP contribution in [0.1, 0.15) is 37.0 Å². The van der Waals surface area contributed by atoms with E-state index in [1.165, 1.54) is 4.88 Å². The number of rotatable bonds is 3. The van der Waals surface area contributed by atoms with Crippen LogP contribution in [0, 0.1) is 0 Å². The summed E-state index contributed by atoms with van der Waals surface area (Å²) < 4.78 is 6.22. The molecule has 1 spiro atoms. The van der Waals surface area contributed by atoms with Crippen LogP contribution < -0.4 is 0 Å². The molecule has 3 aliphatic rings. The van der Waals surface area contributed by atoms with Crippen molar-refractivity contribution >= 4 is 17.2 Å². The third-order valence-corrected chi connectivity index (χ3v) is 6.23. The van der Waals surface area contributed by atoms with Gasteiger partial charge < -0.3 is 9.64 Å². The molecule has 3 saturated heterocycles. The first-order chi connectivity index (χ1) is 10.7. The molecule has 2 atom stereocenters. The number of nitrogens with zero attached hydrogens (tertiary/aromatic N) is 2. The van der Waals surface area contributed by atoms with Crippen LogP contribution in [0.15, 0.2) is 17.5 Å². The molecule has 0 radical (unpaired) electrons. The molecule has 0 unspecified atom stereocenters. The fourth-order valence-corrected chi connectivity index (χ4v) is 5.04. The second-order valence-corrected chi connectivity index (χ2v) is 7.94. The van der Waals surface area contributed by atoms with Crippen molar-refractivity contribution in [1.82, 2.24) is 9.80 Å². The second-order valence-electron chi connectivity index (χ2n) is 6.91. The predicted octanol–water partition coefficient (Wildman–Crippen LogP) is 2.49. The van der Waals surface area contributed by atoms with Crippen molar-refractivity contribution in [2.45, 2.75) is 50.3 Å². The Hall–Kier alpha value is -0.910. The molecule has 1 aromatic rings. The first-order valence-electron chi connectivity index (χ1n) is 8.42. The predicted molar refractivity (Wildman–Crippen MR) is 86.9 cm³/mol. The number of carbonyl (C=O) groups excluding carboxylic acids is 1. The zero-order valence-electron chi connectivity index (χ0n) is 13.0. The molecule has 4 rings (SSSR count). The quantitative estimate of drug-likeness (QED) is 0.858. The van der Waals surface area contributed by atoms with Crippen molar-refractivity contribution in [1.29, 1.82) is 0 Å². The summed E-state index contributed by atoms with van der Waals surface area (Å²) in [7, 11) is 0. The number of amides is 1. The van der Waals surface area contributed by atoms with Gasteiger partial charge in [0.25, 0.3) is 0 Å². The molecule has 3 aliphatic heterocycles. The topological polar surface area (TPSA) is 32.8 Å². The third kappa shape index (κ3) is 2.82. The van der Waals surface area contributed by atoms with E-state index in [4.69, 9.17) is 4.74 Å².